The molecule has 0 bridgehead atoms. The van der Waals surface area contributed by atoms with E-state index in [-0.39, 0.29) is 0 Å². The highest BCUT2D eigenvalue weighted by Crippen LogP contribution is 2.55. The number of aromatic nitrogens is 2. The van der Waals surface area contributed by atoms with Crippen molar-refractivity contribution in [3.63, 3.8) is 0 Å². The molecule has 2 aliphatic carbocycles. The number of hydrogen-bond acceptors (Lipinski definition) is 4. The van der Waals surface area contributed by atoms with Crippen LogP contribution in [-0.2, 0) is 4.79 Å². The molecule has 25 heavy (non-hydrogen) atoms. The Labute approximate surface area is 151 Å². The lowest BCUT2D eigenvalue weighted by atomic mass is 9.54. The molecule has 4 nitrogen and oxygen atoms in total. The number of aryl methyl sites for hydroxylation is 1. The van der Waals surface area contributed by atoms with Gasteiger partial charge in [-0.05, 0) is 95.2 Å². The van der Waals surface area contributed by atoms with Crippen LogP contribution in [0.15, 0.2) is 12.4 Å². The minimum atomic E-state index is 0.379. The summed E-state index contributed by atoms with van der Waals surface area (Å²) in [6, 6.07) is 0.775. The van der Waals surface area contributed by atoms with Crippen LogP contribution >= 0.6 is 0 Å². The summed E-state index contributed by atoms with van der Waals surface area (Å²) < 4.78 is 0. The third-order valence-electron chi connectivity index (χ3n) is 7.27. The summed E-state index contributed by atoms with van der Waals surface area (Å²) in [5, 5.41) is 0. The number of carbonyl (C=O) groups excluding carboxylic acids is 1. The molecule has 0 radical (unpaired) electrons. The monoisotopic (exact) mass is 341 g/mol. The lowest BCUT2D eigenvalue weighted by Gasteiger charge is -2.52. The molecule has 1 aromatic heterocycles. The van der Waals surface area contributed by atoms with Crippen molar-refractivity contribution >= 4 is 5.78 Å². The normalized spacial score (nSPS) is 34.0. The van der Waals surface area contributed by atoms with Crippen LogP contribution in [-0.4, -0.2) is 39.8 Å². The summed E-state index contributed by atoms with van der Waals surface area (Å²) in [7, 11) is 0. The van der Waals surface area contributed by atoms with E-state index in [4.69, 9.17) is 0 Å². The molecule has 4 heteroatoms. The third kappa shape index (κ3) is 3.51. The predicted molar refractivity (Wildman–Crippen MR) is 98.4 cm³/mol. The number of ketones is 1. The summed E-state index contributed by atoms with van der Waals surface area (Å²) in [6.45, 7) is 6.15. The Kier molecular flexibility index (Phi) is 4.65. The summed E-state index contributed by atoms with van der Waals surface area (Å²) in [5.41, 5.74) is 1.85. The largest absolute Gasteiger partial charge is 0.300 e. The van der Waals surface area contributed by atoms with Crippen molar-refractivity contribution in [1.82, 2.24) is 14.9 Å². The average Bonchev–Trinajstić information content (AvgIpc) is 2.60. The molecule has 3 fully saturated rings. The first-order valence-corrected chi connectivity index (χ1v) is 10.1. The Hall–Kier alpha value is -1.29. The van der Waals surface area contributed by atoms with Crippen molar-refractivity contribution in [2.24, 2.45) is 11.3 Å². The molecule has 0 aromatic carbocycles. The Bertz CT molecular complexity index is 603. The van der Waals surface area contributed by atoms with Crippen molar-refractivity contribution in [2.45, 2.75) is 77.2 Å². The second-order valence-corrected chi connectivity index (χ2v) is 8.82. The van der Waals surface area contributed by atoms with Crippen LogP contribution in [0.2, 0.25) is 0 Å². The number of carbonyl (C=O) groups is 1. The van der Waals surface area contributed by atoms with Crippen LogP contribution < -0.4 is 0 Å². The zero-order chi connectivity index (χ0) is 17.4. The average molecular weight is 341 g/mol. The van der Waals surface area contributed by atoms with Crippen LogP contribution in [0, 0.1) is 18.3 Å². The van der Waals surface area contributed by atoms with Gasteiger partial charge in [-0.2, -0.15) is 0 Å². The predicted octanol–water partition coefficient (Wildman–Crippen LogP) is 3.89. The molecule has 3 aliphatic rings. The first kappa shape index (κ1) is 17.1. The topological polar surface area (TPSA) is 46.1 Å². The fraction of sp³-hybridized carbons (Fsp3) is 0.762. The van der Waals surface area contributed by atoms with Gasteiger partial charge in [0, 0.05) is 24.4 Å². The third-order valence-corrected chi connectivity index (χ3v) is 7.27. The molecule has 0 atom stereocenters. The molecule has 1 saturated heterocycles. The SMILES string of the molecule is Cc1ncc(C2CCN([C@H]3CCC4(CC3)C[C@H](C(C)=O)C4)CC2)cn1. The zero-order valence-electron chi connectivity index (χ0n) is 15.7. The fourth-order valence-electron chi connectivity index (χ4n) is 5.47. The number of Topliss-reactive ketones (excluding diaryl/α,β-unsaturated/α-hetero) is 1. The molecular weight excluding hydrogens is 310 g/mol. The fourth-order valence-corrected chi connectivity index (χ4v) is 5.47. The molecule has 2 heterocycles. The van der Waals surface area contributed by atoms with Crippen LogP contribution in [0.5, 0.6) is 0 Å². The second kappa shape index (κ2) is 6.79. The van der Waals surface area contributed by atoms with Crippen molar-refractivity contribution < 1.29 is 4.79 Å². The number of likely N-dealkylation sites (tertiary alicyclic amines) is 1. The molecule has 0 unspecified atom stereocenters. The molecule has 0 N–H and O–H groups in total. The molecule has 0 amide bonds. The number of piperidine rings is 1. The molecule has 2 saturated carbocycles. The van der Waals surface area contributed by atoms with Crippen molar-refractivity contribution in [3.05, 3.63) is 23.8 Å². The van der Waals surface area contributed by atoms with Crippen molar-refractivity contribution in [3.8, 4) is 0 Å². The number of nitrogens with zero attached hydrogens (tertiary/aromatic N) is 3. The van der Waals surface area contributed by atoms with Gasteiger partial charge in [-0.1, -0.05) is 0 Å². The highest BCUT2D eigenvalue weighted by Gasteiger charge is 2.48. The van der Waals surface area contributed by atoms with E-state index in [1.165, 1.54) is 70.0 Å². The Morgan fingerprint density at radius 1 is 1.08 bits per heavy atom. The van der Waals surface area contributed by atoms with Gasteiger partial charge in [-0.3, -0.25) is 4.79 Å². The minimum Gasteiger partial charge on any atom is -0.300 e. The van der Waals surface area contributed by atoms with E-state index < -0.39 is 0 Å². The van der Waals surface area contributed by atoms with Gasteiger partial charge in [-0.15, -0.1) is 0 Å². The van der Waals surface area contributed by atoms with E-state index in [0.717, 1.165) is 11.9 Å². The Morgan fingerprint density at radius 2 is 1.68 bits per heavy atom. The van der Waals surface area contributed by atoms with Gasteiger partial charge < -0.3 is 4.90 Å². The lowest BCUT2D eigenvalue weighted by Crippen LogP contribution is -2.48. The summed E-state index contributed by atoms with van der Waals surface area (Å²) >= 11 is 0. The van der Waals surface area contributed by atoms with Crippen LogP contribution in [0.25, 0.3) is 0 Å². The maximum Gasteiger partial charge on any atom is 0.132 e. The highest BCUT2D eigenvalue weighted by atomic mass is 16.1. The van der Waals surface area contributed by atoms with E-state index in [0.29, 0.717) is 23.0 Å². The smallest absolute Gasteiger partial charge is 0.132 e. The van der Waals surface area contributed by atoms with Crippen LogP contribution in [0.4, 0.5) is 0 Å². The molecule has 1 spiro atoms. The first-order chi connectivity index (χ1) is 12.0. The van der Waals surface area contributed by atoms with Gasteiger partial charge in [0.05, 0.1) is 0 Å². The highest BCUT2D eigenvalue weighted by molar-refractivity contribution is 5.79. The molecular formula is C21H31N3O. The maximum absolute atomic E-state index is 11.5. The molecule has 4 rings (SSSR count). The molecule has 1 aliphatic heterocycles. The van der Waals surface area contributed by atoms with Crippen molar-refractivity contribution in [2.75, 3.05) is 13.1 Å². The maximum atomic E-state index is 11.5. The van der Waals surface area contributed by atoms with Gasteiger partial charge in [-0.25, -0.2) is 9.97 Å². The quantitative estimate of drug-likeness (QED) is 0.837. The minimum absolute atomic E-state index is 0.379. The second-order valence-electron chi connectivity index (χ2n) is 8.82. The molecule has 1 aromatic rings. The van der Waals surface area contributed by atoms with Gasteiger partial charge in [0.2, 0.25) is 0 Å². The first-order valence-electron chi connectivity index (χ1n) is 10.1. The van der Waals surface area contributed by atoms with Crippen LogP contribution in [0.1, 0.15) is 75.6 Å². The summed E-state index contributed by atoms with van der Waals surface area (Å²) in [6.07, 6.45) is 14.2. The van der Waals surface area contributed by atoms with Gasteiger partial charge in [0.15, 0.2) is 0 Å². The van der Waals surface area contributed by atoms with Crippen molar-refractivity contribution in [1.29, 1.82) is 0 Å². The van der Waals surface area contributed by atoms with Gasteiger partial charge in [0.1, 0.15) is 11.6 Å². The Balaban J connectivity index is 1.25. The van der Waals surface area contributed by atoms with E-state index in [1.807, 2.05) is 19.3 Å². The standard InChI is InChI=1S/C21H31N3O/c1-15(25)18-11-21(12-18)7-3-20(4-8-21)24-9-5-17(6-10-24)19-13-22-16(2)23-14-19/h13-14,17-18,20H,3-12H2,1-2H3/t18-,20-,21?. The Morgan fingerprint density at radius 3 is 2.24 bits per heavy atom. The lowest BCUT2D eigenvalue weighted by molar-refractivity contribution is -0.130. The summed E-state index contributed by atoms with van der Waals surface area (Å²) in [4.78, 5) is 23.0. The van der Waals surface area contributed by atoms with Gasteiger partial charge >= 0.3 is 0 Å². The summed E-state index contributed by atoms with van der Waals surface area (Å²) in [5.74, 6) is 2.29. The molecule has 136 valence electrons. The van der Waals surface area contributed by atoms with Crippen LogP contribution in [0.3, 0.4) is 0 Å². The van der Waals surface area contributed by atoms with Gasteiger partial charge in [0.25, 0.3) is 0 Å². The van der Waals surface area contributed by atoms with E-state index >= 15 is 0 Å². The number of hydrogen-bond donors (Lipinski definition) is 0. The number of rotatable bonds is 3. The zero-order valence-corrected chi connectivity index (χ0v) is 15.7. The van der Waals surface area contributed by atoms with E-state index in [9.17, 15) is 4.79 Å². The van der Waals surface area contributed by atoms with E-state index in [2.05, 4.69) is 14.9 Å². The van der Waals surface area contributed by atoms with E-state index in [1.54, 1.807) is 6.92 Å².